The lowest BCUT2D eigenvalue weighted by molar-refractivity contribution is -0.124. The lowest BCUT2D eigenvalue weighted by Crippen LogP contribution is -2.46. The topological polar surface area (TPSA) is 83.4 Å². The summed E-state index contributed by atoms with van der Waals surface area (Å²) in [6, 6.07) is 14.2. The Morgan fingerprint density at radius 3 is 2.21 bits per heavy atom. The Balaban J connectivity index is 1.96. The maximum Gasteiger partial charge on any atom is 0.297 e. The van der Waals surface area contributed by atoms with Crippen LogP contribution in [0.5, 0.6) is 0 Å². The number of benzene rings is 2. The van der Waals surface area contributed by atoms with E-state index in [1.54, 1.807) is 42.5 Å². The van der Waals surface area contributed by atoms with Gasteiger partial charge in [-0.05, 0) is 17.7 Å². The number of anilines is 1. The van der Waals surface area contributed by atoms with Crippen LogP contribution in [0.3, 0.4) is 0 Å². The molecule has 1 amide bonds. The molecule has 28 heavy (non-hydrogen) atoms. The molecular weight excluding hydrogens is 361 g/mol. The van der Waals surface area contributed by atoms with Crippen LogP contribution in [0.2, 0.25) is 0 Å². The predicted molar refractivity (Wildman–Crippen MR) is 99.7 cm³/mol. The number of rotatable bonds is 3. The standard InChI is InChI=1S/C21H14FN3O3/c22-15-10-5-4-9-14(15)17-18(26)16(13-7-2-1-3-8-13)19(27)20(28)25(17)21-23-11-6-12-24-21/h1-12,17,27H/t17-/m1/s1. The number of ketones is 1. The van der Waals surface area contributed by atoms with Gasteiger partial charge in [-0.2, -0.15) is 0 Å². The Hall–Kier alpha value is -3.87. The molecule has 2 heterocycles. The first-order valence-corrected chi connectivity index (χ1v) is 8.47. The summed E-state index contributed by atoms with van der Waals surface area (Å²) in [4.78, 5) is 35.3. The molecule has 4 rings (SSSR count). The van der Waals surface area contributed by atoms with Crippen molar-refractivity contribution < 1.29 is 19.1 Å². The molecule has 0 fully saturated rings. The van der Waals surface area contributed by atoms with E-state index in [2.05, 4.69) is 9.97 Å². The van der Waals surface area contributed by atoms with Crippen molar-refractivity contribution in [2.45, 2.75) is 6.04 Å². The Kier molecular flexibility index (Phi) is 4.41. The second kappa shape index (κ2) is 7.03. The second-order valence-electron chi connectivity index (χ2n) is 6.10. The molecule has 0 unspecified atom stereocenters. The van der Waals surface area contributed by atoms with Gasteiger partial charge in [-0.15, -0.1) is 0 Å². The lowest BCUT2D eigenvalue weighted by atomic mass is 9.87. The van der Waals surface area contributed by atoms with Gasteiger partial charge in [-0.25, -0.2) is 14.4 Å². The van der Waals surface area contributed by atoms with Gasteiger partial charge in [0.1, 0.15) is 11.9 Å². The summed E-state index contributed by atoms with van der Waals surface area (Å²) in [6.07, 6.45) is 2.79. The summed E-state index contributed by atoms with van der Waals surface area (Å²) in [6.45, 7) is 0. The molecule has 6 nitrogen and oxygen atoms in total. The van der Waals surface area contributed by atoms with Crippen molar-refractivity contribution in [3.8, 4) is 0 Å². The van der Waals surface area contributed by atoms with Crippen molar-refractivity contribution >= 4 is 23.2 Å². The smallest absolute Gasteiger partial charge is 0.297 e. The predicted octanol–water partition coefficient (Wildman–Crippen LogP) is 3.24. The summed E-state index contributed by atoms with van der Waals surface area (Å²) in [7, 11) is 0. The first-order valence-electron chi connectivity index (χ1n) is 8.47. The number of aliphatic hydroxyl groups excluding tert-OH is 1. The molecule has 0 spiro atoms. The zero-order valence-electron chi connectivity index (χ0n) is 14.5. The van der Waals surface area contributed by atoms with Crippen molar-refractivity contribution in [1.29, 1.82) is 0 Å². The second-order valence-corrected chi connectivity index (χ2v) is 6.10. The summed E-state index contributed by atoms with van der Waals surface area (Å²) in [5.74, 6) is -2.98. The number of Topliss-reactive ketones (excluding diaryl/α,β-unsaturated/α-hetero) is 1. The molecule has 0 saturated carbocycles. The van der Waals surface area contributed by atoms with E-state index in [4.69, 9.17) is 0 Å². The molecule has 1 atom stereocenters. The maximum atomic E-state index is 14.6. The van der Waals surface area contributed by atoms with Gasteiger partial charge in [-0.1, -0.05) is 48.5 Å². The third-order valence-electron chi connectivity index (χ3n) is 4.44. The molecule has 7 heteroatoms. The molecule has 2 aromatic carbocycles. The number of nitrogens with zero attached hydrogens (tertiary/aromatic N) is 3. The SMILES string of the molecule is O=C1C(c2ccccc2)=C(O)C(=O)N(c2ncccn2)[C@@H]1c1ccccc1F. The molecule has 0 aliphatic carbocycles. The van der Waals surface area contributed by atoms with Gasteiger partial charge in [-0.3, -0.25) is 14.5 Å². The largest absolute Gasteiger partial charge is 0.502 e. The van der Waals surface area contributed by atoms with Crippen molar-refractivity contribution in [2.75, 3.05) is 4.90 Å². The summed E-state index contributed by atoms with van der Waals surface area (Å²) >= 11 is 0. The number of carbonyl (C=O) groups is 2. The first-order chi connectivity index (χ1) is 13.6. The Labute approximate surface area is 159 Å². The number of amides is 1. The summed E-state index contributed by atoms with van der Waals surface area (Å²) < 4.78 is 14.6. The minimum atomic E-state index is -1.35. The Morgan fingerprint density at radius 2 is 1.54 bits per heavy atom. The van der Waals surface area contributed by atoms with Gasteiger partial charge in [0.15, 0.2) is 11.5 Å². The number of aliphatic hydroxyl groups is 1. The molecular formula is C21H14FN3O3. The number of halogens is 1. The fourth-order valence-electron chi connectivity index (χ4n) is 3.19. The fraction of sp³-hybridized carbons (Fsp3) is 0.0476. The van der Waals surface area contributed by atoms with Gasteiger partial charge < -0.3 is 5.11 Å². The molecule has 1 N–H and O–H groups in total. The normalized spacial score (nSPS) is 17.2. The molecule has 0 bridgehead atoms. The van der Waals surface area contributed by atoms with E-state index in [1.165, 1.54) is 30.6 Å². The van der Waals surface area contributed by atoms with Crippen LogP contribution in [0.25, 0.3) is 5.57 Å². The zero-order chi connectivity index (χ0) is 19.7. The van der Waals surface area contributed by atoms with E-state index in [-0.39, 0.29) is 17.1 Å². The van der Waals surface area contributed by atoms with E-state index in [1.807, 2.05) is 0 Å². The molecule has 0 radical (unpaired) electrons. The average molecular weight is 375 g/mol. The Bertz CT molecular complexity index is 1080. The highest BCUT2D eigenvalue weighted by Gasteiger charge is 2.45. The molecule has 1 aliphatic heterocycles. The van der Waals surface area contributed by atoms with Gasteiger partial charge in [0.05, 0.1) is 5.57 Å². The van der Waals surface area contributed by atoms with Crippen molar-refractivity contribution in [2.24, 2.45) is 0 Å². The van der Waals surface area contributed by atoms with Gasteiger partial charge in [0, 0.05) is 18.0 Å². The van der Waals surface area contributed by atoms with Crippen molar-refractivity contribution in [1.82, 2.24) is 9.97 Å². The molecule has 3 aromatic rings. The van der Waals surface area contributed by atoms with Crippen LogP contribution in [0.1, 0.15) is 17.2 Å². The quantitative estimate of drug-likeness (QED) is 0.760. The average Bonchev–Trinajstić information content (AvgIpc) is 2.73. The number of aromatic nitrogens is 2. The minimum absolute atomic E-state index is 0.00534. The van der Waals surface area contributed by atoms with Crippen LogP contribution in [0, 0.1) is 5.82 Å². The van der Waals surface area contributed by atoms with Crippen LogP contribution in [-0.2, 0) is 9.59 Å². The molecule has 1 aliphatic rings. The van der Waals surface area contributed by atoms with E-state index >= 15 is 0 Å². The van der Waals surface area contributed by atoms with Gasteiger partial charge >= 0.3 is 0 Å². The number of carbonyl (C=O) groups excluding carboxylic acids is 2. The highest BCUT2D eigenvalue weighted by molar-refractivity contribution is 6.34. The number of hydrogen-bond donors (Lipinski definition) is 1. The third kappa shape index (κ3) is 2.83. The highest BCUT2D eigenvalue weighted by atomic mass is 19.1. The van der Waals surface area contributed by atoms with Crippen LogP contribution in [-0.4, -0.2) is 26.8 Å². The molecule has 138 valence electrons. The summed E-state index contributed by atoms with van der Waals surface area (Å²) in [5.41, 5.74) is 0.202. The lowest BCUT2D eigenvalue weighted by Gasteiger charge is -2.33. The first kappa shape index (κ1) is 17.5. The van der Waals surface area contributed by atoms with Crippen molar-refractivity contribution in [3.05, 3.63) is 95.8 Å². The van der Waals surface area contributed by atoms with Gasteiger partial charge in [0.25, 0.3) is 5.91 Å². The van der Waals surface area contributed by atoms with E-state index < -0.39 is 29.3 Å². The van der Waals surface area contributed by atoms with Crippen LogP contribution in [0.15, 0.2) is 78.8 Å². The van der Waals surface area contributed by atoms with Gasteiger partial charge in [0.2, 0.25) is 5.95 Å². The zero-order valence-corrected chi connectivity index (χ0v) is 14.5. The molecule has 0 saturated heterocycles. The maximum absolute atomic E-state index is 14.6. The monoisotopic (exact) mass is 375 g/mol. The fourth-order valence-corrected chi connectivity index (χ4v) is 3.19. The Morgan fingerprint density at radius 1 is 0.893 bits per heavy atom. The number of hydrogen-bond acceptors (Lipinski definition) is 5. The minimum Gasteiger partial charge on any atom is -0.502 e. The van der Waals surface area contributed by atoms with Crippen molar-refractivity contribution in [3.63, 3.8) is 0 Å². The van der Waals surface area contributed by atoms with Crippen LogP contribution >= 0.6 is 0 Å². The van der Waals surface area contributed by atoms with Crippen LogP contribution in [0.4, 0.5) is 10.3 Å². The van der Waals surface area contributed by atoms with E-state index in [0.29, 0.717) is 5.56 Å². The van der Waals surface area contributed by atoms with E-state index in [9.17, 15) is 19.1 Å². The van der Waals surface area contributed by atoms with E-state index in [0.717, 1.165) is 4.90 Å². The highest BCUT2D eigenvalue weighted by Crippen LogP contribution is 2.38. The summed E-state index contributed by atoms with van der Waals surface area (Å²) in [5, 5.41) is 10.5. The third-order valence-corrected chi connectivity index (χ3v) is 4.44. The molecule has 1 aromatic heterocycles. The van der Waals surface area contributed by atoms with Crippen LogP contribution < -0.4 is 4.90 Å².